The lowest BCUT2D eigenvalue weighted by atomic mass is 10.2. The number of carbonyl (C=O) groups excluding carboxylic acids is 1. The molecule has 110 valence electrons. The molecule has 0 atom stereocenters. The second-order valence-corrected chi connectivity index (χ2v) is 6.24. The van der Waals surface area contributed by atoms with Gasteiger partial charge in [-0.2, -0.15) is 0 Å². The van der Waals surface area contributed by atoms with Crippen molar-refractivity contribution in [2.75, 3.05) is 0 Å². The van der Waals surface area contributed by atoms with Gasteiger partial charge in [0.05, 0.1) is 5.52 Å². The van der Waals surface area contributed by atoms with Crippen LogP contribution in [0.1, 0.15) is 40.2 Å². The minimum atomic E-state index is -0.489. The second-order valence-electron chi connectivity index (χ2n) is 5.32. The molecule has 0 bridgehead atoms. The molecule has 2 rings (SSSR count). The molecule has 0 N–H and O–H groups in total. The van der Waals surface area contributed by atoms with Gasteiger partial charge in [-0.15, -0.1) is 0 Å². The van der Waals surface area contributed by atoms with Crippen LogP contribution in [0.25, 0.3) is 10.9 Å². The van der Waals surface area contributed by atoms with Crippen molar-refractivity contribution >= 4 is 32.9 Å². The van der Waals surface area contributed by atoms with Crippen molar-refractivity contribution in [2.45, 2.75) is 47.1 Å². The maximum absolute atomic E-state index is 12.1. The van der Waals surface area contributed by atoms with Crippen molar-refractivity contribution in [3.8, 4) is 0 Å². The van der Waals surface area contributed by atoms with Crippen LogP contribution in [-0.2, 0) is 4.74 Å². The highest BCUT2D eigenvalue weighted by Crippen LogP contribution is 2.25. The van der Waals surface area contributed by atoms with Gasteiger partial charge in [0.15, 0.2) is 0 Å². The number of carbonyl (C=O) groups is 1. The number of aromatic nitrogens is 1. The summed E-state index contributed by atoms with van der Waals surface area (Å²) in [6.07, 6.45) is 1.47. The summed E-state index contributed by atoms with van der Waals surface area (Å²) >= 11 is 3.44. The van der Waals surface area contributed by atoms with Crippen LogP contribution in [0, 0.1) is 6.92 Å². The van der Waals surface area contributed by atoms with Crippen LogP contribution in [0.3, 0.4) is 0 Å². The third-order valence-electron chi connectivity index (χ3n) is 2.56. The predicted molar refractivity (Wildman–Crippen MR) is 87.4 cm³/mol. The van der Waals surface area contributed by atoms with Gasteiger partial charge in [0.1, 0.15) is 5.60 Å². The Kier molecular flexibility index (Phi) is 5.40. The zero-order chi connectivity index (χ0) is 15.5. The van der Waals surface area contributed by atoms with Crippen molar-refractivity contribution in [1.29, 1.82) is 0 Å². The van der Waals surface area contributed by atoms with Gasteiger partial charge in [0, 0.05) is 16.1 Å². The fourth-order valence-electron chi connectivity index (χ4n) is 1.83. The quantitative estimate of drug-likeness (QED) is 0.632. The number of halogens is 1. The highest BCUT2D eigenvalue weighted by Gasteiger charge is 2.19. The number of aryl methyl sites for hydroxylation is 1. The average Bonchev–Trinajstić information content (AvgIpc) is 2.67. The predicted octanol–water partition coefficient (Wildman–Crippen LogP) is 5.52. The van der Waals surface area contributed by atoms with E-state index in [-0.39, 0.29) is 6.09 Å². The smallest absolute Gasteiger partial charge is 0.418 e. The largest absolute Gasteiger partial charge is 0.443 e. The van der Waals surface area contributed by atoms with Crippen LogP contribution in [-0.4, -0.2) is 16.3 Å². The first-order valence-electron chi connectivity index (χ1n) is 6.78. The molecule has 1 aromatic heterocycles. The molecule has 3 nitrogen and oxygen atoms in total. The van der Waals surface area contributed by atoms with Gasteiger partial charge in [-0.3, -0.25) is 4.57 Å². The highest BCUT2D eigenvalue weighted by atomic mass is 79.9. The third-order valence-corrected chi connectivity index (χ3v) is 3.05. The normalized spacial score (nSPS) is 10.9. The van der Waals surface area contributed by atoms with Crippen molar-refractivity contribution in [1.82, 2.24) is 4.57 Å². The third kappa shape index (κ3) is 3.85. The van der Waals surface area contributed by atoms with Gasteiger partial charge in [0.25, 0.3) is 0 Å². The van der Waals surface area contributed by atoms with E-state index in [1.807, 2.05) is 65.9 Å². The number of hydrogen-bond donors (Lipinski definition) is 0. The molecule has 1 heterocycles. The number of ether oxygens (including phenoxy) is 1. The standard InChI is InChI=1S/C14H16BrNO2.C2H6/c1-9-8-16(13(17)18-14(2,3)4)12-6-5-10(15)7-11(9)12;1-2/h5-8H,1-4H3;1-2H3. The fraction of sp³-hybridized carbons (Fsp3) is 0.438. The molecular formula is C16H22BrNO2. The van der Waals surface area contributed by atoms with E-state index in [9.17, 15) is 4.79 Å². The maximum Gasteiger partial charge on any atom is 0.418 e. The van der Waals surface area contributed by atoms with E-state index in [2.05, 4.69) is 15.9 Å². The first-order valence-corrected chi connectivity index (χ1v) is 7.58. The van der Waals surface area contributed by atoms with E-state index in [1.165, 1.54) is 0 Å². The topological polar surface area (TPSA) is 31.2 Å². The van der Waals surface area contributed by atoms with Gasteiger partial charge >= 0.3 is 6.09 Å². The van der Waals surface area contributed by atoms with Crippen LogP contribution in [0.4, 0.5) is 4.79 Å². The maximum atomic E-state index is 12.1. The van der Waals surface area contributed by atoms with Crippen molar-refractivity contribution in [3.05, 3.63) is 34.4 Å². The molecular weight excluding hydrogens is 318 g/mol. The van der Waals surface area contributed by atoms with E-state index in [1.54, 1.807) is 4.57 Å². The molecule has 0 amide bonds. The number of hydrogen-bond acceptors (Lipinski definition) is 2. The molecule has 0 aliphatic rings. The van der Waals surface area contributed by atoms with Crippen LogP contribution >= 0.6 is 15.9 Å². The second kappa shape index (κ2) is 6.44. The van der Waals surface area contributed by atoms with E-state index >= 15 is 0 Å². The van der Waals surface area contributed by atoms with Gasteiger partial charge in [-0.1, -0.05) is 29.8 Å². The zero-order valence-corrected chi connectivity index (χ0v) is 14.5. The zero-order valence-electron chi connectivity index (χ0n) is 13.0. The molecule has 20 heavy (non-hydrogen) atoms. The van der Waals surface area contributed by atoms with Crippen molar-refractivity contribution in [2.24, 2.45) is 0 Å². The molecule has 0 unspecified atom stereocenters. The number of nitrogens with zero attached hydrogens (tertiary/aromatic N) is 1. The summed E-state index contributed by atoms with van der Waals surface area (Å²) in [4.78, 5) is 12.1. The Morgan fingerprint density at radius 2 is 1.85 bits per heavy atom. The van der Waals surface area contributed by atoms with Crippen LogP contribution in [0.15, 0.2) is 28.9 Å². The fourth-order valence-corrected chi connectivity index (χ4v) is 2.19. The summed E-state index contributed by atoms with van der Waals surface area (Å²) in [7, 11) is 0. The van der Waals surface area contributed by atoms with E-state index in [0.717, 1.165) is 20.9 Å². The number of fused-ring (bicyclic) bond motifs is 1. The summed E-state index contributed by atoms with van der Waals surface area (Å²) in [5.41, 5.74) is 1.43. The molecule has 0 saturated carbocycles. The van der Waals surface area contributed by atoms with Gasteiger partial charge in [0.2, 0.25) is 0 Å². The van der Waals surface area contributed by atoms with Gasteiger partial charge < -0.3 is 4.74 Å². The number of rotatable bonds is 0. The Labute approximate surface area is 129 Å². The Morgan fingerprint density at radius 1 is 1.25 bits per heavy atom. The minimum Gasteiger partial charge on any atom is -0.443 e. The molecule has 0 radical (unpaired) electrons. The minimum absolute atomic E-state index is 0.345. The molecule has 0 fully saturated rings. The molecule has 1 aromatic carbocycles. The van der Waals surface area contributed by atoms with Crippen molar-refractivity contribution < 1.29 is 9.53 Å². The summed E-state index contributed by atoms with van der Waals surface area (Å²) in [5, 5.41) is 1.05. The Morgan fingerprint density at radius 3 is 2.40 bits per heavy atom. The number of benzene rings is 1. The lowest BCUT2D eigenvalue weighted by molar-refractivity contribution is 0.0544. The van der Waals surface area contributed by atoms with E-state index < -0.39 is 5.60 Å². The molecule has 0 spiro atoms. The van der Waals surface area contributed by atoms with E-state index in [0.29, 0.717) is 0 Å². The lowest BCUT2D eigenvalue weighted by Crippen LogP contribution is -2.26. The lowest BCUT2D eigenvalue weighted by Gasteiger charge is -2.19. The van der Waals surface area contributed by atoms with Crippen LogP contribution in [0.5, 0.6) is 0 Å². The highest BCUT2D eigenvalue weighted by molar-refractivity contribution is 9.10. The SMILES string of the molecule is CC.Cc1cn(C(=O)OC(C)(C)C)c2ccc(Br)cc12. The molecule has 0 saturated heterocycles. The van der Waals surface area contributed by atoms with Gasteiger partial charge in [-0.05, 0) is 51.5 Å². The monoisotopic (exact) mass is 339 g/mol. The Balaban J connectivity index is 0.000000956. The Bertz CT molecular complexity index is 609. The van der Waals surface area contributed by atoms with Crippen molar-refractivity contribution in [3.63, 3.8) is 0 Å². The summed E-state index contributed by atoms with van der Waals surface area (Å²) in [6.45, 7) is 11.6. The molecule has 4 heteroatoms. The molecule has 0 aliphatic carbocycles. The average molecular weight is 340 g/mol. The molecule has 2 aromatic rings. The first kappa shape index (κ1) is 16.8. The van der Waals surface area contributed by atoms with Crippen LogP contribution in [0.2, 0.25) is 0 Å². The molecule has 0 aliphatic heterocycles. The Hall–Kier alpha value is -1.29. The summed E-state index contributed by atoms with van der Waals surface area (Å²) in [5.74, 6) is 0. The first-order chi connectivity index (χ1) is 9.28. The van der Waals surface area contributed by atoms with E-state index in [4.69, 9.17) is 4.74 Å². The summed E-state index contributed by atoms with van der Waals surface area (Å²) < 4.78 is 7.95. The van der Waals surface area contributed by atoms with Crippen LogP contribution < -0.4 is 0 Å². The summed E-state index contributed by atoms with van der Waals surface area (Å²) in [6, 6.07) is 5.84. The van der Waals surface area contributed by atoms with Gasteiger partial charge in [-0.25, -0.2) is 4.79 Å².